The Labute approximate surface area is 144 Å². The molecule has 0 fully saturated rings. The van der Waals surface area contributed by atoms with E-state index in [1.54, 1.807) is 0 Å². The van der Waals surface area contributed by atoms with E-state index in [0.717, 1.165) is 18.5 Å². The molecule has 0 amide bonds. The van der Waals surface area contributed by atoms with Crippen molar-refractivity contribution >= 4 is 5.69 Å². The van der Waals surface area contributed by atoms with E-state index in [1.807, 2.05) is 12.1 Å². The third-order valence-electron chi connectivity index (χ3n) is 4.62. The molecule has 2 heteroatoms. The predicted molar refractivity (Wildman–Crippen MR) is 103 cm³/mol. The number of hydrogen-bond donors (Lipinski definition) is 2. The number of benzene rings is 2. The van der Waals surface area contributed by atoms with Crippen LogP contribution in [0.5, 0.6) is 0 Å². The second-order valence-corrected chi connectivity index (χ2v) is 6.55. The number of nitrogens with two attached hydrogens (primary N) is 2. The van der Waals surface area contributed by atoms with Crippen LogP contribution in [0.2, 0.25) is 0 Å². The Kier molecular flexibility index (Phi) is 5.17. The van der Waals surface area contributed by atoms with Gasteiger partial charge < -0.3 is 11.5 Å². The second-order valence-electron chi connectivity index (χ2n) is 6.55. The molecule has 3 rings (SSSR count). The van der Waals surface area contributed by atoms with Gasteiger partial charge in [-0.2, -0.15) is 0 Å². The Bertz CT molecular complexity index is 724. The maximum atomic E-state index is 6.00. The molecule has 0 radical (unpaired) electrons. The monoisotopic (exact) mass is 318 g/mol. The highest BCUT2D eigenvalue weighted by atomic mass is 14.6. The Morgan fingerprint density at radius 3 is 2.17 bits per heavy atom. The fourth-order valence-corrected chi connectivity index (χ4v) is 3.30. The zero-order chi connectivity index (χ0) is 16.9. The fraction of sp³-hybridized carbons (Fsp3) is 0.273. The van der Waals surface area contributed by atoms with Crippen LogP contribution >= 0.6 is 0 Å². The van der Waals surface area contributed by atoms with Gasteiger partial charge in [-0.05, 0) is 47.2 Å². The van der Waals surface area contributed by atoms with Crippen molar-refractivity contribution in [3.8, 4) is 0 Å². The third-order valence-corrected chi connectivity index (χ3v) is 4.62. The SMILES string of the molecule is CCCc1ccc(C(C2=CCC(N)C=C2)c2ccc(N)cc2)cc1. The summed E-state index contributed by atoms with van der Waals surface area (Å²) >= 11 is 0. The van der Waals surface area contributed by atoms with E-state index in [1.165, 1.54) is 28.7 Å². The van der Waals surface area contributed by atoms with Crippen LogP contribution in [-0.4, -0.2) is 6.04 Å². The van der Waals surface area contributed by atoms with Gasteiger partial charge in [0.05, 0.1) is 0 Å². The van der Waals surface area contributed by atoms with Crippen LogP contribution < -0.4 is 11.5 Å². The lowest BCUT2D eigenvalue weighted by Gasteiger charge is -2.23. The Morgan fingerprint density at radius 1 is 1.00 bits per heavy atom. The van der Waals surface area contributed by atoms with E-state index in [4.69, 9.17) is 11.5 Å². The van der Waals surface area contributed by atoms with Crippen LogP contribution in [0.4, 0.5) is 5.69 Å². The lowest BCUT2D eigenvalue weighted by molar-refractivity contribution is 0.801. The van der Waals surface area contributed by atoms with Crippen molar-refractivity contribution in [2.75, 3.05) is 5.73 Å². The summed E-state index contributed by atoms with van der Waals surface area (Å²) in [6.45, 7) is 2.21. The molecule has 2 aromatic carbocycles. The molecular formula is C22H26N2. The predicted octanol–water partition coefficient (Wildman–Crippen LogP) is 4.57. The quantitative estimate of drug-likeness (QED) is 0.794. The number of aryl methyl sites for hydroxylation is 1. The zero-order valence-corrected chi connectivity index (χ0v) is 14.3. The smallest absolute Gasteiger partial charge is 0.0336 e. The molecule has 2 nitrogen and oxygen atoms in total. The van der Waals surface area contributed by atoms with Crippen LogP contribution in [0.25, 0.3) is 0 Å². The highest BCUT2D eigenvalue weighted by Crippen LogP contribution is 2.35. The summed E-state index contributed by atoms with van der Waals surface area (Å²) < 4.78 is 0. The van der Waals surface area contributed by atoms with Crippen molar-refractivity contribution in [3.63, 3.8) is 0 Å². The molecule has 2 atom stereocenters. The van der Waals surface area contributed by atoms with Gasteiger partial charge in [-0.3, -0.25) is 0 Å². The number of rotatable bonds is 5. The van der Waals surface area contributed by atoms with Gasteiger partial charge >= 0.3 is 0 Å². The minimum absolute atomic E-state index is 0.132. The Hall–Kier alpha value is -2.32. The molecule has 1 aliphatic rings. The van der Waals surface area contributed by atoms with Crippen LogP contribution in [0.1, 0.15) is 42.4 Å². The molecular weight excluding hydrogens is 292 g/mol. The third kappa shape index (κ3) is 3.77. The molecule has 0 heterocycles. The van der Waals surface area contributed by atoms with Gasteiger partial charge in [0.2, 0.25) is 0 Å². The second kappa shape index (κ2) is 7.50. The standard InChI is InChI=1S/C22H26N2/c1-2-3-16-4-6-17(7-5-16)22(18-8-12-20(23)13-9-18)19-10-14-21(24)15-11-19/h4-14,21-22H,2-3,15,23-24H2,1H3. The van der Waals surface area contributed by atoms with E-state index >= 15 is 0 Å². The van der Waals surface area contributed by atoms with Crippen molar-refractivity contribution in [1.82, 2.24) is 0 Å². The first-order valence-electron chi connectivity index (χ1n) is 8.75. The summed E-state index contributed by atoms with van der Waals surface area (Å²) in [4.78, 5) is 0. The highest BCUT2D eigenvalue weighted by molar-refractivity contribution is 5.50. The molecule has 0 spiro atoms. The molecule has 0 aromatic heterocycles. The Morgan fingerprint density at radius 2 is 1.62 bits per heavy atom. The summed E-state index contributed by atoms with van der Waals surface area (Å²) in [6.07, 6.45) is 9.74. The lowest BCUT2D eigenvalue weighted by Crippen LogP contribution is -2.19. The van der Waals surface area contributed by atoms with Gasteiger partial charge in [0.15, 0.2) is 0 Å². The fourth-order valence-electron chi connectivity index (χ4n) is 3.30. The summed E-state index contributed by atoms with van der Waals surface area (Å²) in [6, 6.07) is 17.4. The number of anilines is 1. The van der Waals surface area contributed by atoms with Crippen LogP contribution in [0.15, 0.2) is 72.3 Å². The van der Waals surface area contributed by atoms with Gasteiger partial charge in [-0.15, -0.1) is 0 Å². The molecule has 124 valence electrons. The lowest BCUT2D eigenvalue weighted by atomic mass is 9.82. The van der Waals surface area contributed by atoms with Gasteiger partial charge in [0.25, 0.3) is 0 Å². The van der Waals surface area contributed by atoms with E-state index in [0.29, 0.717) is 0 Å². The first-order valence-corrected chi connectivity index (χ1v) is 8.75. The van der Waals surface area contributed by atoms with Crippen LogP contribution in [-0.2, 0) is 6.42 Å². The maximum Gasteiger partial charge on any atom is 0.0336 e. The Balaban J connectivity index is 1.98. The van der Waals surface area contributed by atoms with Gasteiger partial charge in [-0.1, -0.05) is 68.0 Å². The summed E-state index contributed by atoms with van der Waals surface area (Å²) in [5, 5.41) is 0. The van der Waals surface area contributed by atoms with Crippen molar-refractivity contribution < 1.29 is 0 Å². The largest absolute Gasteiger partial charge is 0.399 e. The van der Waals surface area contributed by atoms with Gasteiger partial charge in [-0.25, -0.2) is 0 Å². The zero-order valence-electron chi connectivity index (χ0n) is 14.3. The van der Waals surface area contributed by atoms with E-state index < -0.39 is 0 Å². The normalized spacial score (nSPS) is 18.2. The molecule has 4 N–H and O–H groups in total. The number of hydrogen-bond acceptors (Lipinski definition) is 2. The highest BCUT2D eigenvalue weighted by Gasteiger charge is 2.19. The number of allylic oxidation sites excluding steroid dienone is 2. The van der Waals surface area contributed by atoms with Gasteiger partial charge in [0.1, 0.15) is 0 Å². The minimum atomic E-state index is 0.132. The summed E-state index contributed by atoms with van der Waals surface area (Å²) in [5.74, 6) is 0.227. The summed E-state index contributed by atoms with van der Waals surface area (Å²) in [7, 11) is 0. The maximum absolute atomic E-state index is 6.00. The minimum Gasteiger partial charge on any atom is -0.399 e. The molecule has 0 bridgehead atoms. The van der Waals surface area contributed by atoms with Crippen LogP contribution in [0, 0.1) is 0 Å². The topological polar surface area (TPSA) is 52.0 Å². The average Bonchev–Trinajstić information content (AvgIpc) is 2.60. The average molecular weight is 318 g/mol. The van der Waals surface area contributed by atoms with Crippen molar-refractivity contribution in [3.05, 3.63) is 89.0 Å². The van der Waals surface area contributed by atoms with E-state index in [9.17, 15) is 0 Å². The molecule has 0 saturated carbocycles. The summed E-state index contributed by atoms with van der Waals surface area (Å²) in [5.41, 5.74) is 17.9. The van der Waals surface area contributed by atoms with Crippen molar-refractivity contribution in [2.45, 2.75) is 38.1 Å². The molecule has 2 unspecified atom stereocenters. The molecule has 2 aromatic rings. The molecule has 0 saturated heterocycles. The number of nitrogen functional groups attached to an aromatic ring is 1. The molecule has 24 heavy (non-hydrogen) atoms. The molecule has 1 aliphatic carbocycles. The van der Waals surface area contributed by atoms with Crippen molar-refractivity contribution in [1.29, 1.82) is 0 Å². The van der Waals surface area contributed by atoms with Crippen molar-refractivity contribution in [2.24, 2.45) is 5.73 Å². The first-order chi connectivity index (χ1) is 11.7. The first kappa shape index (κ1) is 16.5. The molecule has 0 aliphatic heterocycles. The van der Waals surface area contributed by atoms with E-state index in [-0.39, 0.29) is 12.0 Å². The van der Waals surface area contributed by atoms with Gasteiger partial charge in [0, 0.05) is 17.6 Å². The van der Waals surface area contributed by atoms with Crippen LogP contribution in [0.3, 0.4) is 0 Å². The van der Waals surface area contributed by atoms with E-state index in [2.05, 4.69) is 61.5 Å².